The molecule has 1 heterocycles. The molecule has 0 saturated carbocycles. The Morgan fingerprint density at radius 2 is 2.05 bits per heavy atom. The van der Waals surface area contributed by atoms with Crippen molar-refractivity contribution in [1.82, 2.24) is 15.1 Å². The molecule has 0 aliphatic carbocycles. The molecule has 0 aliphatic rings. The van der Waals surface area contributed by atoms with E-state index in [4.69, 9.17) is 0 Å². The van der Waals surface area contributed by atoms with Crippen LogP contribution < -0.4 is 5.32 Å². The Hall–Kier alpha value is -2.01. The molecule has 5 heteroatoms. The first-order valence-corrected chi connectivity index (χ1v) is 6.43. The molecule has 0 spiro atoms. The van der Waals surface area contributed by atoms with Crippen molar-refractivity contribution in [3.8, 4) is 11.5 Å². The molecule has 0 bridgehead atoms. The van der Waals surface area contributed by atoms with E-state index in [1.807, 2.05) is 16.9 Å². The van der Waals surface area contributed by atoms with Crippen molar-refractivity contribution in [3.05, 3.63) is 41.7 Å². The molecule has 19 heavy (non-hydrogen) atoms. The lowest BCUT2D eigenvalue weighted by molar-refractivity contribution is 0.443. The minimum atomic E-state index is 0.0690. The van der Waals surface area contributed by atoms with Gasteiger partial charge >= 0.3 is 0 Å². The molecule has 0 saturated heterocycles. The average molecular weight is 261 g/mol. The van der Waals surface area contributed by atoms with Crippen LogP contribution in [0.1, 0.15) is 24.6 Å². The lowest BCUT2D eigenvalue weighted by Crippen LogP contribution is -2.13. The number of nitrogens with one attached hydrogen (secondary N) is 1. The maximum atomic E-state index is 9.64. The van der Waals surface area contributed by atoms with Gasteiger partial charge in [0.05, 0.1) is 5.69 Å². The largest absolute Gasteiger partial charge is 0.508 e. The van der Waals surface area contributed by atoms with Crippen molar-refractivity contribution >= 4 is 0 Å². The maximum Gasteiger partial charge on any atom is 0.123 e. The van der Waals surface area contributed by atoms with Crippen molar-refractivity contribution in [2.24, 2.45) is 0 Å². The van der Waals surface area contributed by atoms with Crippen LogP contribution in [0.3, 0.4) is 0 Å². The van der Waals surface area contributed by atoms with Crippen LogP contribution in [0.5, 0.6) is 11.5 Å². The zero-order valence-electron chi connectivity index (χ0n) is 11.0. The summed E-state index contributed by atoms with van der Waals surface area (Å²) in [6.07, 6.45) is 3.04. The highest BCUT2D eigenvalue weighted by molar-refractivity contribution is 5.38. The third-order valence-electron chi connectivity index (χ3n) is 2.84. The van der Waals surface area contributed by atoms with Gasteiger partial charge in [-0.3, -0.25) is 4.68 Å². The Bertz CT molecular complexity index is 537. The molecule has 0 fully saturated rings. The number of phenols is 2. The van der Waals surface area contributed by atoms with Gasteiger partial charge in [0, 0.05) is 37.5 Å². The molecular formula is C14H19N3O2. The van der Waals surface area contributed by atoms with E-state index >= 15 is 0 Å². The molecule has 1 aromatic carbocycles. The number of rotatable bonds is 6. The average Bonchev–Trinajstić information content (AvgIpc) is 2.80. The van der Waals surface area contributed by atoms with Crippen molar-refractivity contribution in [2.45, 2.75) is 33.0 Å². The van der Waals surface area contributed by atoms with Gasteiger partial charge < -0.3 is 15.5 Å². The summed E-state index contributed by atoms with van der Waals surface area (Å²) in [5.41, 5.74) is 1.73. The number of benzene rings is 1. The van der Waals surface area contributed by atoms with Gasteiger partial charge in [0.2, 0.25) is 0 Å². The Kier molecular flexibility index (Phi) is 4.41. The molecule has 102 valence electrons. The molecule has 0 amide bonds. The third kappa shape index (κ3) is 3.72. The number of aromatic nitrogens is 2. The molecule has 0 atom stereocenters. The Balaban J connectivity index is 1.85. The molecule has 3 N–H and O–H groups in total. The van der Waals surface area contributed by atoms with Crippen LogP contribution in [0.15, 0.2) is 30.5 Å². The highest BCUT2D eigenvalue weighted by atomic mass is 16.3. The Labute approximate surface area is 112 Å². The van der Waals surface area contributed by atoms with Gasteiger partial charge in [-0.15, -0.1) is 0 Å². The maximum absolute atomic E-state index is 9.64. The molecule has 0 unspecified atom stereocenters. The van der Waals surface area contributed by atoms with Crippen LogP contribution in [0.25, 0.3) is 0 Å². The van der Waals surface area contributed by atoms with Gasteiger partial charge in [-0.1, -0.05) is 13.0 Å². The first kappa shape index (κ1) is 13.4. The van der Waals surface area contributed by atoms with E-state index in [2.05, 4.69) is 17.3 Å². The summed E-state index contributed by atoms with van der Waals surface area (Å²) >= 11 is 0. The highest BCUT2D eigenvalue weighted by Gasteiger charge is 2.03. The quantitative estimate of drug-likeness (QED) is 0.743. The molecule has 0 radical (unpaired) electrons. The van der Waals surface area contributed by atoms with Crippen molar-refractivity contribution in [1.29, 1.82) is 0 Å². The first-order valence-electron chi connectivity index (χ1n) is 6.43. The van der Waals surface area contributed by atoms with E-state index in [1.54, 1.807) is 12.1 Å². The second kappa shape index (κ2) is 6.24. The SMILES string of the molecule is CCCn1ccc(CNCc2ccc(O)cc2O)n1. The lowest BCUT2D eigenvalue weighted by Gasteiger charge is -2.06. The number of nitrogens with zero attached hydrogens (tertiary/aromatic N) is 2. The zero-order valence-corrected chi connectivity index (χ0v) is 11.0. The zero-order chi connectivity index (χ0) is 13.7. The van der Waals surface area contributed by atoms with Gasteiger partial charge in [0.15, 0.2) is 0 Å². The number of hydrogen-bond donors (Lipinski definition) is 3. The Morgan fingerprint density at radius 1 is 1.21 bits per heavy atom. The molecular weight excluding hydrogens is 242 g/mol. The monoisotopic (exact) mass is 261 g/mol. The molecule has 2 aromatic rings. The Morgan fingerprint density at radius 3 is 2.79 bits per heavy atom. The summed E-state index contributed by atoms with van der Waals surface area (Å²) in [7, 11) is 0. The van der Waals surface area contributed by atoms with E-state index in [0.717, 1.165) is 24.2 Å². The van der Waals surface area contributed by atoms with Crippen LogP contribution in [-0.2, 0) is 19.6 Å². The van der Waals surface area contributed by atoms with E-state index in [9.17, 15) is 10.2 Å². The van der Waals surface area contributed by atoms with Crippen LogP contribution in [0.4, 0.5) is 0 Å². The molecule has 0 aliphatic heterocycles. The smallest absolute Gasteiger partial charge is 0.123 e. The number of aromatic hydroxyl groups is 2. The number of phenolic OH excluding ortho intramolecular Hbond substituents is 2. The fraction of sp³-hybridized carbons (Fsp3) is 0.357. The second-order valence-corrected chi connectivity index (χ2v) is 4.49. The van der Waals surface area contributed by atoms with E-state index in [0.29, 0.717) is 13.1 Å². The predicted molar refractivity (Wildman–Crippen MR) is 72.8 cm³/mol. The van der Waals surface area contributed by atoms with Crippen molar-refractivity contribution in [3.63, 3.8) is 0 Å². The summed E-state index contributed by atoms with van der Waals surface area (Å²) in [6.45, 7) is 4.23. The van der Waals surface area contributed by atoms with Crippen molar-refractivity contribution < 1.29 is 10.2 Å². The topological polar surface area (TPSA) is 70.3 Å². The normalized spacial score (nSPS) is 10.8. The first-order chi connectivity index (χ1) is 9.19. The minimum Gasteiger partial charge on any atom is -0.508 e. The van der Waals surface area contributed by atoms with Crippen LogP contribution in [0, 0.1) is 0 Å². The van der Waals surface area contributed by atoms with E-state index < -0.39 is 0 Å². The van der Waals surface area contributed by atoms with Gasteiger partial charge in [-0.2, -0.15) is 5.10 Å². The van der Waals surface area contributed by atoms with Crippen LogP contribution >= 0.6 is 0 Å². The van der Waals surface area contributed by atoms with Crippen LogP contribution in [-0.4, -0.2) is 20.0 Å². The second-order valence-electron chi connectivity index (χ2n) is 4.49. The summed E-state index contributed by atoms with van der Waals surface area (Å²) < 4.78 is 1.93. The molecule has 1 aromatic heterocycles. The standard InChI is InChI=1S/C14H19N3O2/c1-2-6-17-7-5-12(16-17)10-15-9-11-3-4-13(18)8-14(11)19/h3-5,7-8,15,18-19H,2,6,9-10H2,1H3. The fourth-order valence-electron chi connectivity index (χ4n) is 1.88. The summed E-state index contributed by atoms with van der Waals surface area (Å²) in [5, 5.41) is 26.5. The molecule has 5 nitrogen and oxygen atoms in total. The third-order valence-corrected chi connectivity index (χ3v) is 2.84. The minimum absolute atomic E-state index is 0.0690. The van der Waals surface area contributed by atoms with Crippen LogP contribution in [0.2, 0.25) is 0 Å². The predicted octanol–water partition coefficient (Wildman–Crippen LogP) is 1.99. The summed E-state index contributed by atoms with van der Waals surface area (Å²) in [5.74, 6) is 0.170. The van der Waals surface area contributed by atoms with E-state index in [-0.39, 0.29) is 11.5 Å². The van der Waals surface area contributed by atoms with E-state index in [1.165, 1.54) is 6.07 Å². The highest BCUT2D eigenvalue weighted by Crippen LogP contribution is 2.22. The van der Waals surface area contributed by atoms with Gasteiger partial charge in [-0.05, 0) is 18.6 Å². The summed E-state index contributed by atoms with van der Waals surface area (Å²) in [4.78, 5) is 0. The van der Waals surface area contributed by atoms with Gasteiger partial charge in [-0.25, -0.2) is 0 Å². The van der Waals surface area contributed by atoms with Gasteiger partial charge in [0.1, 0.15) is 11.5 Å². The number of hydrogen-bond acceptors (Lipinski definition) is 4. The molecule has 2 rings (SSSR count). The lowest BCUT2D eigenvalue weighted by atomic mass is 10.2. The fourth-order valence-corrected chi connectivity index (χ4v) is 1.88. The van der Waals surface area contributed by atoms with Crippen molar-refractivity contribution in [2.75, 3.05) is 0 Å². The number of aryl methyl sites for hydroxylation is 1. The summed E-state index contributed by atoms with van der Waals surface area (Å²) in [6, 6.07) is 6.59. The van der Waals surface area contributed by atoms with Gasteiger partial charge in [0.25, 0.3) is 0 Å².